The molecule has 0 unspecified atom stereocenters. The third-order valence-electron chi connectivity index (χ3n) is 1.92. The van der Waals surface area contributed by atoms with Crippen LogP contribution in [-0.4, -0.2) is 25.1 Å². The highest BCUT2D eigenvalue weighted by Gasteiger charge is 2.06. The fourth-order valence-corrected chi connectivity index (χ4v) is 1.16. The number of nitrogens with zero attached hydrogens (tertiary/aromatic N) is 1. The van der Waals surface area contributed by atoms with Crippen LogP contribution >= 0.6 is 0 Å². The van der Waals surface area contributed by atoms with Crippen molar-refractivity contribution in [2.24, 2.45) is 5.73 Å². The summed E-state index contributed by atoms with van der Waals surface area (Å²) in [4.78, 5) is 21.4. The van der Waals surface area contributed by atoms with Gasteiger partial charge in [-0.25, -0.2) is 0 Å². The van der Waals surface area contributed by atoms with Crippen molar-refractivity contribution in [1.29, 1.82) is 0 Å². The number of halogens is 1. The third kappa shape index (κ3) is 6.31. The molecular formula is C11H15BrN2O4. The van der Waals surface area contributed by atoms with Crippen molar-refractivity contribution in [2.75, 3.05) is 13.2 Å². The van der Waals surface area contributed by atoms with Crippen LogP contribution in [0.3, 0.4) is 0 Å². The van der Waals surface area contributed by atoms with Crippen LogP contribution in [0.15, 0.2) is 24.5 Å². The van der Waals surface area contributed by atoms with Gasteiger partial charge in [-0.3, -0.25) is 9.59 Å². The molecule has 0 fully saturated rings. The summed E-state index contributed by atoms with van der Waals surface area (Å²) in [5, 5.41) is 0. The highest BCUT2D eigenvalue weighted by Crippen LogP contribution is 1.92. The predicted molar refractivity (Wildman–Crippen MR) is 57.7 cm³/mol. The van der Waals surface area contributed by atoms with E-state index >= 15 is 0 Å². The zero-order valence-corrected chi connectivity index (χ0v) is 11.6. The number of hydrogen-bond acceptors (Lipinski definition) is 4. The number of nitrogens with two attached hydrogens (primary N) is 1. The summed E-state index contributed by atoms with van der Waals surface area (Å²) in [5.41, 5.74) is 5.55. The van der Waals surface area contributed by atoms with E-state index < -0.39 is 5.91 Å². The van der Waals surface area contributed by atoms with E-state index in [1.54, 1.807) is 29.1 Å². The van der Waals surface area contributed by atoms with Gasteiger partial charge in [-0.05, 0) is 6.07 Å². The van der Waals surface area contributed by atoms with Gasteiger partial charge in [-0.2, -0.15) is 4.57 Å². The van der Waals surface area contributed by atoms with E-state index in [2.05, 4.69) is 0 Å². The van der Waals surface area contributed by atoms with Crippen LogP contribution in [0.1, 0.15) is 17.3 Å². The minimum Gasteiger partial charge on any atom is -1.00 e. The molecule has 1 rings (SSSR count). The van der Waals surface area contributed by atoms with E-state index in [0.717, 1.165) is 0 Å². The first-order valence-electron chi connectivity index (χ1n) is 5.09. The zero-order chi connectivity index (χ0) is 12.7. The van der Waals surface area contributed by atoms with Crippen molar-refractivity contribution in [1.82, 2.24) is 0 Å². The van der Waals surface area contributed by atoms with Crippen LogP contribution < -0.4 is 27.3 Å². The maximum atomic E-state index is 10.9. The second-order valence-electron chi connectivity index (χ2n) is 3.35. The average molecular weight is 319 g/mol. The quantitative estimate of drug-likeness (QED) is 0.337. The van der Waals surface area contributed by atoms with Gasteiger partial charge in [0.15, 0.2) is 12.4 Å². The average Bonchev–Trinajstić information content (AvgIpc) is 2.28. The molecule has 0 aliphatic carbocycles. The minimum absolute atomic E-state index is 0. The molecule has 0 spiro atoms. The molecule has 18 heavy (non-hydrogen) atoms. The molecule has 7 heteroatoms. The van der Waals surface area contributed by atoms with Crippen LogP contribution in [0.5, 0.6) is 0 Å². The standard InChI is InChI=1S/C11H14N2O4.BrH/c1-9(14)17-6-5-16-8-13-4-2-3-10(7-13)11(12)15;/h2-4,7H,5-6,8H2,1H3,(H-,12,15);1H. The van der Waals surface area contributed by atoms with E-state index in [-0.39, 0.29) is 36.3 Å². The van der Waals surface area contributed by atoms with E-state index in [9.17, 15) is 9.59 Å². The SMILES string of the molecule is CC(=O)OCCOC[n+]1cccc(C(N)=O)c1.[Br-]. The Labute approximate surface area is 115 Å². The summed E-state index contributed by atoms with van der Waals surface area (Å²) in [6.45, 7) is 2.12. The fourth-order valence-electron chi connectivity index (χ4n) is 1.16. The molecule has 0 radical (unpaired) electrons. The maximum absolute atomic E-state index is 10.9. The van der Waals surface area contributed by atoms with Crippen LogP contribution in [0.2, 0.25) is 0 Å². The number of amides is 1. The molecule has 1 aromatic heterocycles. The van der Waals surface area contributed by atoms with Gasteiger partial charge in [0.2, 0.25) is 0 Å². The minimum atomic E-state index is -0.487. The van der Waals surface area contributed by atoms with E-state index in [0.29, 0.717) is 12.2 Å². The van der Waals surface area contributed by atoms with Crippen molar-refractivity contribution >= 4 is 11.9 Å². The summed E-state index contributed by atoms with van der Waals surface area (Å²) >= 11 is 0. The summed E-state index contributed by atoms with van der Waals surface area (Å²) in [6, 6.07) is 3.33. The third-order valence-corrected chi connectivity index (χ3v) is 1.92. The second-order valence-corrected chi connectivity index (χ2v) is 3.35. The van der Waals surface area contributed by atoms with Crippen LogP contribution in [-0.2, 0) is 21.0 Å². The molecule has 0 atom stereocenters. The van der Waals surface area contributed by atoms with Crippen molar-refractivity contribution < 1.29 is 40.6 Å². The lowest BCUT2D eigenvalue weighted by atomic mass is 10.3. The molecular weight excluding hydrogens is 304 g/mol. The van der Waals surface area contributed by atoms with Crippen molar-refractivity contribution in [3.8, 4) is 0 Å². The Morgan fingerprint density at radius 3 is 2.72 bits per heavy atom. The summed E-state index contributed by atoms with van der Waals surface area (Å²) in [6.07, 6.45) is 3.34. The van der Waals surface area contributed by atoms with Crippen LogP contribution in [0, 0.1) is 0 Å². The highest BCUT2D eigenvalue weighted by molar-refractivity contribution is 5.92. The number of aromatic nitrogens is 1. The van der Waals surface area contributed by atoms with Gasteiger partial charge in [0.1, 0.15) is 12.2 Å². The number of carbonyl (C=O) groups excluding carboxylic acids is 2. The van der Waals surface area contributed by atoms with Crippen molar-refractivity contribution in [3.05, 3.63) is 30.1 Å². The van der Waals surface area contributed by atoms with Gasteiger partial charge in [-0.15, -0.1) is 0 Å². The maximum Gasteiger partial charge on any atom is 0.302 e. The fraction of sp³-hybridized carbons (Fsp3) is 0.364. The topological polar surface area (TPSA) is 82.5 Å². The number of rotatable bonds is 6. The van der Waals surface area contributed by atoms with E-state index in [4.69, 9.17) is 15.2 Å². The number of primary amides is 1. The Balaban J connectivity index is 0.00000289. The van der Waals surface area contributed by atoms with Crippen molar-refractivity contribution in [3.63, 3.8) is 0 Å². The lowest BCUT2D eigenvalue weighted by Crippen LogP contribution is -3.00. The molecule has 6 nitrogen and oxygen atoms in total. The molecule has 0 aromatic carbocycles. The molecule has 0 saturated heterocycles. The van der Waals surface area contributed by atoms with E-state index in [1.165, 1.54) is 6.92 Å². The number of carbonyl (C=O) groups is 2. The Kier molecular flexibility index (Phi) is 7.89. The lowest BCUT2D eigenvalue weighted by molar-refractivity contribution is -0.732. The Morgan fingerprint density at radius 1 is 1.39 bits per heavy atom. The first kappa shape index (κ1) is 16.5. The molecule has 0 aliphatic rings. The van der Waals surface area contributed by atoms with Gasteiger partial charge in [0.05, 0.1) is 6.61 Å². The molecule has 0 aliphatic heterocycles. The molecule has 0 saturated carbocycles. The number of ether oxygens (including phenoxy) is 2. The Hall–Kier alpha value is -1.47. The van der Waals surface area contributed by atoms with Crippen LogP contribution in [0.4, 0.5) is 0 Å². The summed E-state index contributed by atoms with van der Waals surface area (Å²) in [7, 11) is 0. The number of hydrogen-bond donors (Lipinski definition) is 1. The van der Waals surface area contributed by atoms with Crippen LogP contribution in [0.25, 0.3) is 0 Å². The van der Waals surface area contributed by atoms with E-state index in [1.807, 2.05) is 0 Å². The smallest absolute Gasteiger partial charge is 0.302 e. The lowest BCUT2D eigenvalue weighted by Gasteiger charge is -2.02. The summed E-state index contributed by atoms with van der Waals surface area (Å²) < 4.78 is 11.6. The van der Waals surface area contributed by atoms with Gasteiger partial charge < -0.3 is 32.2 Å². The molecule has 100 valence electrons. The molecule has 1 aromatic rings. The van der Waals surface area contributed by atoms with Gasteiger partial charge in [-0.1, -0.05) is 0 Å². The summed E-state index contributed by atoms with van der Waals surface area (Å²) in [5.74, 6) is -0.823. The first-order chi connectivity index (χ1) is 8.09. The second kappa shape index (κ2) is 8.60. The van der Waals surface area contributed by atoms with Gasteiger partial charge >= 0.3 is 5.97 Å². The molecule has 1 heterocycles. The highest BCUT2D eigenvalue weighted by atomic mass is 79.9. The monoisotopic (exact) mass is 318 g/mol. The number of esters is 1. The van der Waals surface area contributed by atoms with Crippen molar-refractivity contribution in [2.45, 2.75) is 13.7 Å². The normalized spacial score (nSPS) is 9.39. The zero-order valence-electron chi connectivity index (χ0n) is 9.97. The van der Waals surface area contributed by atoms with Gasteiger partial charge in [0.25, 0.3) is 12.6 Å². The molecule has 1 amide bonds. The Bertz CT molecular complexity index is 412. The Morgan fingerprint density at radius 2 is 2.11 bits per heavy atom. The number of pyridine rings is 1. The largest absolute Gasteiger partial charge is 1.00 e. The predicted octanol–water partition coefficient (Wildman–Crippen LogP) is -3.39. The molecule has 0 bridgehead atoms. The molecule has 2 N–H and O–H groups in total. The van der Waals surface area contributed by atoms with Gasteiger partial charge in [0, 0.05) is 13.0 Å². The first-order valence-corrected chi connectivity index (χ1v) is 5.09.